The molecule has 0 saturated carbocycles. The average Bonchev–Trinajstić information content (AvgIpc) is 3.21. The Morgan fingerprint density at radius 1 is 1.36 bits per heavy atom. The van der Waals surface area contributed by atoms with Crippen molar-refractivity contribution in [3.05, 3.63) is 41.5 Å². The number of benzene rings is 1. The molecule has 0 aliphatic carbocycles. The zero-order valence-corrected chi connectivity index (χ0v) is 15.1. The fraction of sp³-hybridized carbons (Fsp3) is 0.526. The number of aryl methyl sites for hydroxylation is 1. The Morgan fingerprint density at radius 2 is 2.16 bits per heavy atom. The van der Waals surface area contributed by atoms with E-state index in [0.29, 0.717) is 37.1 Å². The van der Waals surface area contributed by atoms with E-state index in [2.05, 4.69) is 24.0 Å². The van der Waals surface area contributed by atoms with Gasteiger partial charge in [-0.2, -0.15) is 4.98 Å². The summed E-state index contributed by atoms with van der Waals surface area (Å²) in [6.07, 6.45) is 2.24. The van der Waals surface area contributed by atoms with Crippen LogP contribution in [-0.4, -0.2) is 34.6 Å². The summed E-state index contributed by atoms with van der Waals surface area (Å²) in [5, 5.41) is 4.10. The second-order valence-corrected chi connectivity index (χ2v) is 6.97. The number of carbonyl (C=O) groups excluding carboxylic acids is 1. The van der Waals surface area contributed by atoms with Crippen molar-refractivity contribution in [2.24, 2.45) is 5.92 Å². The SMILES string of the molecule is COc1ccccc1CN1CC(c2noc(CCC(C)C)n2)CC1=O. The van der Waals surface area contributed by atoms with Gasteiger partial charge in [0, 0.05) is 37.4 Å². The molecule has 2 aromatic rings. The Bertz CT molecular complexity index is 726. The predicted molar refractivity (Wildman–Crippen MR) is 93.2 cm³/mol. The quantitative estimate of drug-likeness (QED) is 0.772. The minimum atomic E-state index is -0.00115. The van der Waals surface area contributed by atoms with Gasteiger partial charge in [-0.05, 0) is 18.4 Å². The van der Waals surface area contributed by atoms with Crippen LogP contribution >= 0.6 is 0 Å². The van der Waals surface area contributed by atoms with Crippen LogP contribution in [0.3, 0.4) is 0 Å². The lowest BCUT2D eigenvalue weighted by atomic mass is 10.1. The molecule has 6 nitrogen and oxygen atoms in total. The Labute approximate surface area is 148 Å². The van der Waals surface area contributed by atoms with E-state index in [-0.39, 0.29) is 11.8 Å². The zero-order valence-electron chi connectivity index (χ0n) is 15.1. The summed E-state index contributed by atoms with van der Waals surface area (Å²) in [6.45, 7) is 5.49. The molecule has 2 heterocycles. The Balaban J connectivity index is 1.64. The highest BCUT2D eigenvalue weighted by molar-refractivity contribution is 5.79. The van der Waals surface area contributed by atoms with E-state index >= 15 is 0 Å². The van der Waals surface area contributed by atoms with Crippen molar-refractivity contribution in [3.8, 4) is 5.75 Å². The fourth-order valence-electron chi connectivity index (χ4n) is 3.08. The number of likely N-dealkylation sites (tertiary alicyclic amines) is 1. The molecule has 1 unspecified atom stereocenters. The van der Waals surface area contributed by atoms with Crippen molar-refractivity contribution in [2.45, 2.75) is 45.6 Å². The molecule has 1 atom stereocenters. The van der Waals surface area contributed by atoms with Crippen LogP contribution in [0.2, 0.25) is 0 Å². The maximum Gasteiger partial charge on any atom is 0.226 e. The molecule has 6 heteroatoms. The monoisotopic (exact) mass is 343 g/mol. The molecule has 1 fully saturated rings. The molecule has 1 aliphatic rings. The van der Waals surface area contributed by atoms with Crippen LogP contribution in [-0.2, 0) is 17.8 Å². The molecule has 0 N–H and O–H groups in total. The van der Waals surface area contributed by atoms with Gasteiger partial charge in [0.2, 0.25) is 11.8 Å². The highest BCUT2D eigenvalue weighted by Gasteiger charge is 2.34. The van der Waals surface area contributed by atoms with Gasteiger partial charge in [-0.3, -0.25) is 4.79 Å². The third kappa shape index (κ3) is 4.18. The van der Waals surface area contributed by atoms with Gasteiger partial charge in [-0.15, -0.1) is 0 Å². The lowest BCUT2D eigenvalue weighted by Crippen LogP contribution is -2.24. The van der Waals surface area contributed by atoms with Gasteiger partial charge >= 0.3 is 0 Å². The van der Waals surface area contributed by atoms with Crippen LogP contribution < -0.4 is 4.74 Å². The van der Waals surface area contributed by atoms with Gasteiger partial charge in [0.05, 0.1) is 7.11 Å². The number of carbonyl (C=O) groups is 1. The van der Waals surface area contributed by atoms with E-state index in [1.54, 1.807) is 7.11 Å². The molecule has 0 bridgehead atoms. The number of rotatable bonds is 7. The molecule has 1 aromatic heterocycles. The summed E-state index contributed by atoms with van der Waals surface area (Å²) in [5.74, 6) is 2.83. The van der Waals surface area contributed by atoms with Gasteiger partial charge in [-0.1, -0.05) is 37.2 Å². The Morgan fingerprint density at radius 3 is 2.92 bits per heavy atom. The standard InChI is InChI=1S/C19H25N3O3/c1-13(2)8-9-17-20-19(21-25-17)15-10-18(23)22(12-15)11-14-6-4-5-7-16(14)24-3/h4-7,13,15H,8-12H2,1-3H3. The highest BCUT2D eigenvalue weighted by Crippen LogP contribution is 2.29. The second-order valence-electron chi connectivity index (χ2n) is 6.97. The number of amides is 1. The van der Waals surface area contributed by atoms with Crippen LogP contribution in [0.1, 0.15) is 49.9 Å². The summed E-state index contributed by atoms with van der Waals surface area (Å²) in [4.78, 5) is 18.7. The lowest BCUT2D eigenvalue weighted by Gasteiger charge is -2.17. The first kappa shape index (κ1) is 17.5. The molecule has 1 aromatic carbocycles. The van der Waals surface area contributed by atoms with Crippen LogP contribution in [0.25, 0.3) is 0 Å². The average molecular weight is 343 g/mol. The van der Waals surface area contributed by atoms with Crippen molar-refractivity contribution in [2.75, 3.05) is 13.7 Å². The van der Waals surface area contributed by atoms with E-state index in [0.717, 1.165) is 24.2 Å². The van der Waals surface area contributed by atoms with Crippen molar-refractivity contribution in [1.29, 1.82) is 0 Å². The Kier molecular flexibility index (Phi) is 5.36. The number of ether oxygens (including phenoxy) is 1. The van der Waals surface area contributed by atoms with E-state index < -0.39 is 0 Å². The van der Waals surface area contributed by atoms with Crippen molar-refractivity contribution in [3.63, 3.8) is 0 Å². The molecular weight excluding hydrogens is 318 g/mol. The van der Waals surface area contributed by atoms with Gasteiger partial charge in [0.25, 0.3) is 0 Å². The van der Waals surface area contributed by atoms with Gasteiger partial charge in [-0.25, -0.2) is 0 Å². The van der Waals surface area contributed by atoms with Crippen LogP contribution in [0, 0.1) is 5.92 Å². The number of para-hydroxylation sites is 1. The number of aromatic nitrogens is 2. The first-order valence-electron chi connectivity index (χ1n) is 8.79. The fourth-order valence-corrected chi connectivity index (χ4v) is 3.08. The largest absolute Gasteiger partial charge is 0.496 e. The molecule has 0 radical (unpaired) electrons. The van der Waals surface area contributed by atoms with Gasteiger partial charge in [0.15, 0.2) is 5.82 Å². The molecule has 25 heavy (non-hydrogen) atoms. The lowest BCUT2D eigenvalue weighted by molar-refractivity contribution is -0.128. The van der Waals surface area contributed by atoms with Crippen LogP contribution in [0.4, 0.5) is 0 Å². The molecule has 134 valence electrons. The van der Waals surface area contributed by atoms with Crippen LogP contribution in [0.15, 0.2) is 28.8 Å². The summed E-state index contributed by atoms with van der Waals surface area (Å²) in [5.41, 5.74) is 1.00. The third-order valence-corrected chi connectivity index (χ3v) is 4.55. The molecular formula is C19H25N3O3. The van der Waals surface area contributed by atoms with Crippen molar-refractivity contribution in [1.82, 2.24) is 15.0 Å². The smallest absolute Gasteiger partial charge is 0.226 e. The topological polar surface area (TPSA) is 68.5 Å². The summed E-state index contributed by atoms with van der Waals surface area (Å²) in [6, 6.07) is 7.77. The Hall–Kier alpha value is -2.37. The molecule has 0 spiro atoms. The van der Waals surface area contributed by atoms with Gasteiger partial charge < -0.3 is 14.2 Å². The van der Waals surface area contributed by atoms with Crippen LogP contribution in [0.5, 0.6) is 5.75 Å². The van der Waals surface area contributed by atoms with E-state index in [1.807, 2.05) is 29.2 Å². The number of nitrogens with zero attached hydrogens (tertiary/aromatic N) is 3. The third-order valence-electron chi connectivity index (χ3n) is 4.55. The van der Waals surface area contributed by atoms with E-state index in [9.17, 15) is 4.79 Å². The first-order chi connectivity index (χ1) is 12.1. The molecule has 1 saturated heterocycles. The predicted octanol–water partition coefficient (Wildman–Crippen LogP) is 3.18. The number of hydrogen-bond acceptors (Lipinski definition) is 5. The molecule has 3 rings (SSSR count). The minimum Gasteiger partial charge on any atom is -0.496 e. The maximum atomic E-state index is 12.4. The van der Waals surface area contributed by atoms with Gasteiger partial charge in [0.1, 0.15) is 5.75 Å². The maximum absolute atomic E-state index is 12.4. The zero-order chi connectivity index (χ0) is 17.8. The van der Waals surface area contributed by atoms with E-state index in [1.165, 1.54) is 0 Å². The number of hydrogen-bond donors (Lipinski definition) is 0. The second kappa shape index (κ2) is 7.68. The summed E-state index contributed by atoms with van der Waals surface area (Å²) in [7, 11) is 1.64. The summed E-state index contributed by atoms with van der Waals surface area (Å²) < 4.78 is 10.7. The molecule has 1 aliphatic heterocycles. The van der Waals surface area contributed by atoms with Crippen molar-refractivity contribution < 1.29 is 14.1 Å². The normalized spacial score (nSPS) is 17.5. The summed E-state index contributed by atoms with van der Waals surface area (Å²) >= 11 is 0. The highest BCUT2D eigenvalue weighted by atomic mass is 16.5. The first-order valence-corrected chi connectivity index (χ1v) is 8.79. The minimum absolute atomic E-state index is 0.00115. The number of methoxy groups -OCH3 is 1. The van der Waals surface area contributed by atoms with E-state index in [4.69, 9.17) is 9.26 Å². The molecule has 1 amide bonds. The van der Waals surface area contributed by atoms with Crippen molar-refractivity contribution >= 4 is 5.91 Å².